The van der Waals surface area contributed by atoms with Gasteiger partial charge in [0.2, 0.25) is 0 Å². The molecule has 1 saturated carbocycles. The third-order valence-corrected chi connectivity index (χ3v) is 3.24. The van der Waals surface area contributed by atoms with E-state index in [1.165, 1.54) is 25.7 Å². The van der Waals surface area contributed by atoms with Crippen LogP contribution in [-0.4, -0.2) is 11.0 Å². The fourth-order valence-corrected chi connectivity index (χ4v) is 2.11. The first-order chi connectivity index (χ1) is 6.77. The second-order valence-electron chi connectivity index (χ2n) is 3.90. The second-order valence-corrected chi connectivity index (χ2v) is 4.26. The largest absolute Gasteiger partial charge is 0.382 e. The monoisotopic (exact) mass is 210 g/mol. The molecule has 1 fully saturated rings. The molecule has 1 heterocycles. The first-order valence-corrected chi connectivity index (χ1v) is 5.53. The van der Waals surface area contributed by atoms with Crippen LogP contribution in [0.4, 0.5) is 5.69 Å². The summed E-state index contributed by atoms with van der Waals surface area (Å²) >= 11 is 5.95. The molecule has 2 rings (SSSR count). The molecule has 76 valence electrons. The Morgan fingerprint density at radius 2 is 2.14 bits per heavy atom. The van der Waals surface area contributed by atoms with E-state index in [0.717, 1.165) is 11.3 Å². The average molecular weight is 211 g/mol. The maximum atomic E-state index is 5.95. The molecule has 0 saturated heterocycles. The highest BCUT2D eigenvalue weighted by Gasteiger charge is 2.15. The van der Waals surface area contributed by atoms with E-state index in [1.54, 1.807) is 6.20 Å². The Morgan fingerprint density at radius 1 is 1.43 bits per heavy atom. The lowest BCUT2D eigenvalue weighted by molar-refractivity contribution is 0.754. The molecule has 1 aromatic rings. The summed E-state index contributed by atoms with van der Waals surface area (Å²) in [5.74, 6) is 0. The van der Waals surface area contributed by atoms with Gasteiger partial charge in [-0.15, -0.1) is 0 Å². The highest BCUT2D eigenvalue weighted by molar-refractivity contribution is 6.30. The fraction of sp³-hybridized carbons (Fsp3) is 0.545. The molecule has 0 amide bonds. The lowest BCUT2D eigenvalue weighted by Crippen LogP contribution is -2.15. The van der Waals surface area contributed by atoms with E-state index in [2.05, 4.69) is 10.3 Å². The van der Waals surface area contributed by atoms with Gasteiger partial charge in [-0.2, -0.15) is 0 Å². The Hall–Kier alpha value is -0.760. The van der Waals surface area contributed by atoms with E-state index in [1.807, 2.05) is 13.0 Å². The summed E-state index contributed by atoms with van der Waals surface area (Å²) in [4.78, 5) is 4.04. The molecule has 0 aromatic carbocycles. The predicted octanol–water partition coefficient (Wildman–Crippen LogP) is 3.40. The number of nitrogens with zero attached hydrogens (tertiary/aromatic N) is 1. The van der Waals surface area contributed by atoms with Crippen molar-refractivity contribution in [2.45, 2.75) is 38.6 Å². The molecule has 3 heteroatoms. The number of nitrogens with one attached hydrogen (secondary N) is 1. The molecule has 0 radical (unpaired) electrons. The molecular formula is C11H15ClN2. The van der Waals surface area contributed by atoms with Gasteiger partial charge in [0.1, 0.15) is 5.15 Å². The van der Waals surface area contributed by atoms with E-state index in [4.69, 9.17) is 11.6 Å². The Bertz CT molecular complexity index is 319. The third-order valence-electron chi connectivity index (χ3n) is 2.86. The van der Waals surface area contributed by atoms with Crippen LogP contribution in [0.25, 0.3) is 0 Å². The van der Waals surface area contributed by atoms with Crippen molar-refractivity contribution in [2.75, 3.05) is 5.32 Å². The van der Waals surface area contributed by atoms with Gasteiger partial charge in [0.05, 0.1) is 0 Å². The minimum Gasteiger partial charge on any atom is -0.382 e. The predicted molar refractivity (Wildman–Crippen MR) is 59.9 cm³/mol. The molecule has 2 nitrogen and oxygen atoms in total. The Labute approximate surface area is 89.7 Å². The molecule has 0 spiro atoms. The number of pyridine rings is 1. The zero-order valence-corrected chi connectivity index (χ0v) is 9.14. The van der Waals surface area contributed by atoms with E-state index >= 15 is 0 Å². The Morgan fingerprint density at radius 3 is 2.86 bits per heavy atom. The van der Waals surface area contributed by atoms with E-state index in [9.17, 15) is 0 Å². The van der Waals surface area contributed by atoms with Crippen LogP contribution < -0.4 is 5.32 Å². The highest BCUT2D eigenvalue weighted by atomic mass is 35.5. The summed E-state index contributed by atoms with van der Waals surface area (Å²) in [7, 11) is 0. The van der Waals surface area contributed by atoms with Gasteiger partial charge in [-0.3, -0.25) is 0 Å². The van der Waals surface area contributed by atoms with Crippen molar-refractivity contribution >= 4 is 17.3 Å². The smallest absolute Gasteiger partial charge is 0.133 e. The van der Waals surface area contributed by atoms with Crippen molar-refractivity contribution in [3.8, 4) is 0 Å². The molecule has 0 unspecified atom stereocenters. The molecule has 0 atom stereocenters. The minimum absolute atomic E-state index is 0.605. The van der Waals surface area contributed by atoms with Crippen LogP contribution in [0.2, 0.25) is 5.15 Å². The fourth-order valence-electron chi connectivity index (χ4n) is 1.96. The standard InChI is InChI=1S/C11H15ClN2/c1-8-10(6-7-13-11(8)12)14-9-4-2-3-5-9/h6-7,9H,2-5H2,1H3,(H,13,14). The van der Waals surface area contributed by atoms with Gasteiger partial charge in [0.15, 0.2) is 0 Å². The second kappa shape index (κ2) is 4.18. The van der Waals surface area contributed by atoms with E-state index in [0.29, 0.717) is 11.2 Å². The van der Waals surface area contributed by atoms with Gasteiger partial charge in [-0.25, -0.2) is 4.98 Å². The zero-order chi connectivity index (χ0) is 9.97. The van der Waals surface area contributed by atoms with Gasteiger partial charge in [0.25, 0.3) is 0 Å². The summed E-state index contributed by atoms with van der Waals surface area (Å²) in [6, 6.07) is 2.63. The SMILES string of the molecule is Cc1c(NC2CCCC2)ccnc1Cl. The summed E-state index contributed by atoms with van der Waals surface area (Å²) < 4.78 is 0. The Kier molecular flexibility index (Phi) is 2.92. The molecule has 14 heavy (non-hydrogen) atoms. The van der Waals surface area contributed by atoms with Crippen LogP contribution in [-0.2, 0) is 0 Å². The summed E-state index contributed by atoms with van der Waals surface area (Å²) in [5.41, 5.74) is 2.19. The molecule has 1 aromatic heterocycles. The van der Waals surface area contributed by atoms with Crippen LogP contribution in [0.5, 0.6) is 0 Å². The number of rotatable bonds is 2. The molecule has 1 aliphatic rings. The van der Waals surface area contributed by atoms with E-state index < -0.39 is 0 Å². The van der Waals surface area contributed by atoms with Gasteiger partial charge >= 0.3 is 0 Å². The van der Waals surface area contributed by atoms with Crippen molar-refractivity contribution in [3.63, 3.8) is 0 Å². The molecule has 0 bridgehead atoms. The summed E-state index contributed by atoms with van der Waals surface area (Å²) in [6.07, 6.45) is 7.00. The lowest BCUT2D eigenvalue weighted by atomic mass is 10.2. The molecule has 1 aliphatic carbocycles. The number of hydrogen-bond acceptors (Lipinski definition) is 2. The maximum Gasteiger partial charge on any atom is 0.133 e. The number of aromatic nitrogens is 1. The summed E-state index contributed by atoms with van der Waals surface area (Å²) in [6.45, 7) is 2.01. The first kappa shape index (κ1) is 9.78. The highest BCUT2D eigenvalue weighted by Crippen LogP contribution is 2.26. The van der Waals surface area contributed by atoms with Crippen LogP contribution >= 0.6 is 11.6 Å². The minimum atomic E-state index is 0.605. The van der Waals surface area contributed by atoms with Gasteiger partial charge < -0.3 is 5.32 Å². The zero-order valence-electron chi connectivity index (χ0n) is 8.39. The van der Waals surface area contributed by atoms with Crippen molar-refractivity contribution in [1.29, 1.82) is 0 Å². The number of halogens is 1. The van der Waals surface area contributed by atoms with Crippen LogP contribution in [0.1, 0.15) is 31.2 Å². The topological polar surface area (TPSA) is 24.9 Å². The Balaban J connectivity index is 2.11. The number of anilines is 1. The van der Waals surface area contributed by atoms with Crippen LogP contribution in [0.3, 0.4) is 0 Å². The van der Waals surface area contributed by atoms with Gasteiger partial charge in [0, 0.05) is 23.5 Å². The molecular weight excluding hydrogens is 196 g/mol. The molecule has 0 aliphatic heterocycles. The third kappa shape index (κ3) is 2.01. The summed E-state index contributed by atoms with van der Waals surface area (Å²) in [5, 5.41) is 4.13. The number of hydrogen-bond donors (Lipinski definition) is 1. The van der Waals surface area contributed by atoms with Crippen molar-refractivity contribution in [1.82, 2.24) is 4.98 Å². The first-order valence-electron chi connectivity index (χ1n) is 5.15. The van der Waals surface area contributed by atoms with Crippen LogP contribution in [0, 0.1) is 6.92 Å². The maximum absolute atomic E-state index is 5.95. The van der Waals surface area contributed by atoms with E-state index in [-0.39, 0.29) is 0 Å². The van der Waals surface area contributed by atoms with Gasteiger partial charge in [-0.1, -0.05) is 24.4 Å². The van der Waals surface area contributed by atoms with Crippen molar-refractivity contribution in [2.24, 2.45) is 0 Å². The van der Waals surface area contributed by atoms with Crippen molar-refractivity contribution < 1.29 is 0 Å². The van der Waals surface area contributed by atoms with Crippen LogP contribution in [0.15, 0.2) is 12.3 Å². The quantitative estimate of drug-likeness (QED) is 0.757. The average Bonchev–Trinajstić information content (AvgIpc) is 2.66. The lowest BCUT2D eigenvalue weighted by Gasteiger charge is -2.15. The van der Waals surface area contributed by atoms with Gasteiger partial charge in [-0.05, 0) is 25.8 Å². The molecule has 1 N–H and O–H groups in total. The normalized spacial score (nSPS) is 17.3. The van der Waals surface area contributed by atoms with Crippen molar-refractivity contribution in [3.05, 3.63) is 23.0 Å².